The van der Waals surface area contributed by atoms with Crippen molar-refractivity contribution in [2.45, 2.75) is 31.0 Å². The number of piperazine rings is 1. The third kappa shape index (κ3) is 6.25. The number of carbonyl (C=O) groups excluding carboxylic acids is 1. The first-order valence-electron chi connectivity index (χ1n) is 12.8. The van der Waals surface area contributed by atoms with Crippen LogP contribution in [-0.2, 0) is 6.18 Å². The standard InChI is InChI=1S/C26H28F5N7O/c27-25(28)5-9-37(10-6-25)21(17-14-34-24(35-15-17)26(29,30)31)16-33-23(39)19-13-22(38-11-7-32-8-12-38)36-20-4-2-1-3-18(19)20/h1-4,13-15,21,32H,5-12,16H2,(H,33,39). The average Bonchev–Trinajstić information content (AvgIpc) is 2.93. The lowest BCUT2D eigenvalue weighted by Gasteiger charge is -2.37. The van der Waals surface area contributed by atoms with E-state index in [0.717, 1.165) is 38.6 Å². The molecule has 0 saturated carbocycles. The van der Waals surface area contributed by atoms with Crippen LogP contribution in [0.25, 0.3) is 10.9 Å². The Hall–Kier alpha value is -3.45. The van der Waals surface area contributed by atoms with Crippen molar-refractivity contribution in [3.05, 3.63) is 59.7 Å². The van der Waals surface area contributed by atoms with Gasteiger partial charge in [-0.15, -0.1) is 0 Å². The number of halogens is 5. The minimum Gasteiger partial charge on any atom is -0.354 e. The molecule has 1 amide bonds. The molecule has 4 heterocycles. The fourth-order valence-electron chi connectivity index (χ4n) is 4.97. The van der Waals surface area contributed by atoms with E-state index in [1.54, 1.807) is 17.0 Å². The van der Waals surface area contributed by atoms with E-state index < -0.39 is 29.9 Å². The van der Waals surface area contributed by atoms with E-state index in [4.69, 9.17) is 4.98 Å². The zero-order valence-electron chi connectivity index (χ0n) is 21.0. The van der Waals surface area contributed by atoms with E-state index >= 15 is 0 Å². The smallest absolute Gasteiger partial charge is 0.354 e. The summed E-state index contributed by atoms with van der Waals surface area (Å²) in [5, 5.41) is 6.81. The van der Waals surface area contributed by atoms with Crippen LogP contribution in [0.4, 0.5) is 27.8 Å². The van der Waals surface area contributed by atoms with Gasteiger partial charge in [-0.05, 0) is 12.1 Å². The van der Waals surface area contributed by atoms with Gasteiger partial charge in [-0.25, -0.2) is 23.7 Å². The topological polar surface area (TPSA) is 86.3 Å². The van der Waals surface area contributed by atoms with Crippen LogP contribution in [0.1, 0.15) is 40.6 Å². The van der Waals surface area contributed by atoms with Crippen LogP contribution in [0.5, 0.6) is 0 Å². The van der Waals surface area contributed by atoms with Crippen LogP contribution < -0.4 is 15.5 Å². The van der Waals surface area contributed by atoms with Crippen molar-refractivity contribution in [2.24, 2.45) is 0 Å². The van der Waals surface area contributed by atoms with Crippen LogP contribution in [0.2, 0.25) is 0 Å². The first-order chi connectivity index (χ1) is 18.6. The fraction of sp³-hybridized carbons (Fsp3) is 0.462. The highest BCUT2D eigenvalue weighted by molar-refractivity contribution is 6.07. The molecule has 0 radical (unpaired) electrons. The number of anilines is 1. The zero-order valence-corrected chi connectivity index (χ0v) is 21.0. The maximum Gasteiger partial charge on any atom is 0.451 e. The highest BCUT2D eigenvalue weighted by Crippen LogP contribution is 2.33. The summed E-state index contributed by atoms with van der Waals surface area (Å²) < 4.78 is 66.7. The maximum absolute atomic E-state index is 13.8. The Morgan fingerprint density at radius 1 is 1.05 bits per heavy atom. The highest BCUT2D eigenvalue weighted by atomic mass is 19.4. The van der Waals surface area contributed by atoms with Crippen LogP contribution >= 0.6 is 0 Å². The summed E-state index contributed by atoms with van der Waals surface area (Å²) in [6.07, 6.45) is -3.39. The van der Waals surface area contributed by atoms with E-state index in [1.165, 1.54) is 0 Å². The van der Waals surface area contributed by atoms with E-state index in [1.807, 2.05) is 18.2 Å². The number of para-hydroxylation sites is 1. The van der Waals surface area contributed by atoms with Gasteiger partial charge in [0.05, 0.1) is 17.1 Å². The summed E-state index contributed by atoms with van der Waals surface area (Å²) >= 11 is 0. The summed E-state index contributed by atoms with van der Waals surface area (Å²) in [5.41, 5.74) is 1.36. The first-order valence-corrected chi connectivity index (χ1v) is 12.8. The fourth-order valence-corrected chi connectivity index (χ4v) is 4.97. The van der Waals surface area contributed by atoms with Gasteiger partial charge >= 0.3 is 6.18 Å². The molecule has 39 heavy (non-hydrogen) atoms. The lowest BCUT2D eigenvalue weighted by atomic mass is 10.0. The third-order valence-corrected chi connectivity index (χ3v) is 7.12. The number of alkyl halides is 5. The van der Waals surface area contributed by atoms with E-state index in [-0.39, 0.29) is 32.5 Å². The molecule has 13 heteroatoms. The summed E-state index contributed by atoms with van der Waals surface area (Å²) in [6.45, 7) is 3.06. The monoisotopic (exact) mass is 549 g/mol. The number of rotatable bonds is 6. The molecule has 2 saturated heterocycles. The summed E-state index contributed by atoms with van der Waals surface area (Å²) in [7, 11) is 0. The minimum absolute atomic E-state index is 0.0138. The number of pyridine rings is 1. The molecule has 1 aromatic carbocycles. The van der Waals surface area contributed by atoms with Crippen molar-refractivity contribution >= 4 is 22.6 Å². The van der Waals surface area contributed by atoms with E-state index in [2.05, 4.69) is 25.5 Å². The molecule has 2 aromatic heterocycles. The van der Waals surface area contributed by atoms with Crippen molar-refractivity contribution in [3.63, 3.8) is 0 Å². The van der Waals surface area contributed by atoms with Gasteiger partial charge < -0.3 is 15.5 Å². The van der Waals surface area contributed by atoms with E-state index in [0.29, 0.717) is 27.8 Å². The van der Waals surface area contributed by atoms with Crippen molar-refractivity contribution in [1.29, 1.82) is 0 Å². The van der Waals surface area contributed by atoms with Gasteiger partial charge in [0.1, 0.15) is 5.82 Å². The number of likely N-dealkylation sites (tertiary alicyclic amines) is 1. The second-order valence-corrected chi connectivity index (χ2v) is 9.74. The summed E-state index contributed by atoms with van der Waals surface area (Å²) in [6, 6.07) is 8.32. The normalized spacial score (nSPS) is 19.2. The molecule has 0 spiro atoms. The lowest BCUT2D eigenvalue weighted by Crippen LogP contribution is -2.45. The second kappa shape index (κ2) is 11.0. The van der Waals surface area contributed by atoms with Gasteiger partial charge in [-0.1, -0.05) is 18.2 Å². The summed E-state index contributed by atoms with van der Waals surface area (Å²) in [4.78, 5) is 28.9. The predicted octanol–water partition coefficient (Wildman–Crippen LogP) is 3.66. The van der Waals surface area contributed by atoms with Crippen molar-refractivity contribution in [1.82, 2.24) is 30.5 Å². The van der Waals surface area contributed by atoms with Crippen LogP contribution in [0.3, 0.4) is 0 Å². The number of nitrogens with one attached hydrogen (secondary N) is 2. The summed E-state index contributed by atoms with van der Waals surface area (Å²) in [5.74, 6) is -3.82. The molecule has 2 aliphatic rings. The Balaban J connectivity index is 1.40. The Bertz CT molecular complexity index is 1300. The highest BCUT2D eigenvalue weighted by Gasteiger charge is 2.38. The van der Waals surface area contributed by atoms with Crippen LogP contribution in [-0.4, -0.2) is 77.5 Å². The predicted molar refractivity (Wildman–Crippen MR) is 135 cm³/mol. The van der Waals surface area contributed by atoms with Gasteiger partial charge in [0, 0.05) is 82.0 Å². The Kier molecular flexibility index (Phi) is 7.63. The third-order valence-electron chi connectivity index (χ3n) is 7.12. The van der Waals surface area contributed by atoms with Crippen LogP contribution in [0, 0.1) is 0 Å². The molecule has 0 aliphatic carbocycles. The Labute approximate surface area is 221 Å². The number of hydrogen-bond donors (Lipinski definition) is 2. The second-order valence-electron chi connectivity index (χ2n) is 9.74. The van der Waals surface area contributed by atoms with Crippen molar-refractivity contribution in [2.75, 3.05) is 50.7 Å². The molecule has 208 valence electrons. The molecule has 3 aromatic rings. The number of hydrogen-bond acceptors (Lipinski definition) is 7. The number of benzene rings is 1. The number of amides is 1. The first kappa shape index (κ1) is 27.1. The lowest BCUT2D eigenvalue weighted by molar-refractivity contribution is -0.145. The van der Waals surface area contributed by atoms with Gasteiger partial charge in [-0.3, -0.25) is 9.69 Å². The quantitative estimate of drug-likeness (QED) is 0.454. The molecule has 8 nitrogen and oxygen atoms in total. The number of piperidine rings is 1. The maximum atomic E-state index is 13.8. The molecule has 0 bridgehead atoms. The van der Waals surface area contributed by atoms with E-state index in [9.17, 15) is 26.7 Å². The molecule has 2 fully saturated rings. The molecular weight excluding hydrogens is 521 g/mol. The van der Waals surface area contributed by atoms with Gasteiger partial charge in [0.25, 0.3) is 11.8 Å². The number of carbonyl (C=O) groups is 1. The van der Waals surface area contributed by atoms with Gasteiger partial charge in [0.15, 0.2) is 0 Å². The molecule has 5 rings (SSSR count). The molecule has 1 unspecified atom stereocenters. The average molecular weight is 550 g/mol. The number of aromatic nitrogens is 3. The molecular formula is C26H28F5N7O. The minimum atomic E-state index is -4.71. The molecule has 2 N–H and O–H groups in total. The number of nitrogens with zero attached hydrogens (tertiary/aromatic N) is 5. The molecule has 2 aliphatic heterocycles. The van der Waals surface area contributed by atoms with Crippen molar-refractivity contribution in [3.8, 4) is 0 Å². The van der Waals surface area contributed by atoms with Crippen LogP contribution in [0.15, 0.2) is 42.7 Å². The van der Waals surface area contributed by atoms with Crippen molar-refractivity contribution < 1.29 is 26.7 Å². The Morgan fingerprint density at radius 3 is 2.38 bits per heavy atom. The molecule has 1 atom stereocenters. The van der Waals surface area contributed by atoms with Gasteiger partial charge in [-0.2, -0.15) is 13.2 Å². The largest absolute Gasteiger partial charge is 0.451 e. The van der Waals surface area contributed by atoms with Gasteiger partial charge in [0.2, 0.25) is 5.82 Å². The SMILES string of the molecule is O=C(NCC(c1cnc(C(F)(F)F)nc1)N1CCC(F)(F)CC1)c1cc(N2CCNCC2)nc2ccccc12. The zero-order chi connectivity index (χ0) is 27.6. The Morgan fingerprint density at radius 2 is 1.72 bits per heavy atom. The number of fused-ring (bicyclic) bond motifs is 1.